The Labute approximate surface area is 121 Å². The highest BCUT2D eigenvalue weighted by Gasteiger charge is 2.27. The predicted octanol–water partition coefficient (Wildman–Crippen LogP) is 1.83. The second kappa shape index (κ2) is 7.41. The van der Waals surface area contributed by atoms with E-state index in [-0.39, 0.29) is 23.5 Å². The minimum atomic E-state index is -3.48. The number of nitrogens with one attached hydrogen (secondary N) is 1. The first kappa shape index (κ1) is 15.8. The van der Waals surface area contributed by atoms with Crippen LogP contribution in [-0.2, 0) is 19.6 Å². The third-order valence-electron chi connectivity index (χ3n) is 4.26. The van der Waals surface area contributed by atoms with Gasteiger partial charge in [-0.05, 0) is 38.0 Å². The van der Waals surface area contributed by atoms with E-state index in [0.29, 0.717) is 26.1 Å². The average Bonchev–Trinajstić information content (AvgIpc) is 2.67. The topological polar surface area (TPSA) is 72.5 Å². The molecule has 1 amide bonds. The van der Waals surface area contributed by atoms with Gasteiger partial charge in [0.15, 0.2) is 0 Å². The fraction of sp³-hybridized carbons (Fsp3) is 0.929. The van der Waals surface area contributed by atoms with E-state index in [2.05, 4.69) is 4.72 Å². The largest absolute Gasteiger partial charge is 0.381 e. The quantitative estimate of drug-likeness (QED) is 0.860. The minimum Gasteiger partial charge on any atom is -0.381 e. The lowest BCUT2D eigenvalue weighted by Crippen LogP contribution is -2.39. The van der Waals surface area contributed by atoms with Crippen molar-refractivity contribution in [3.8, 4) is 0 Å². The molecule has 1 aliphatic heterocycles. The van der Waals surface area contributed by atoms with Crippen molar-refractivity contribution in [3.63, 3.8) is 0 Å². The lowest BCUT2D eigenvalue weighted by molar-refractivity contribution is -0.123. The summed E-state index contributed by atoms with van der Waals surface area (Å²) in [5.41, 5.74) is 0. The molecule has 5 nitrogen and oxygen atoms in total. The molecule has 0 aromatic rings. The number of hydrogen-bond acceptors (Lipinski definition) is 4. The number of carbonyl (C=O) groups excluding carboxylic acids is 1. The summed E-state index contributed by atoms with van der Waals surface area (Å²) in [7, 11) is -3.48. The maximum absolute atomic E-state index is 12.1. The Balaban J connectivity index is 1.84. The van der Waals surface area contributed by atoms with Gasteiger partial charge in [0, 0.05) is 19.1 Å². The van der Waals surface area contributed by atoms with Crippen LogP contribution < -0.4 is 4.72 Å². The van der Waals surface area contributed by atoms with E-state index < -0.39 is 10.0 Å². The molecule has 6 heteroatoms. The Kier molecular flexibility index (Phi) is 5.84. The Hall–Kier alpha value is -0.620. The van der Waals surface area contributed by atoms with Crippen LogP contribution in [0.15, 0.2) is 0 Å². The lowest BCUT2D eigenvalue weighted by atomic mass is 9.91. The Bertz CT molecular complexity index is 407. The molecule has 0 spiro atoms. The number of sulfonamides is 1. The molecule has 1 heterocycles. The van der Waals surface area contributed by atoms with Gasteiger partial charge in [-0.1, -0.05) is 19.3 Å². The van der Waals surface area contributed by atoms with Crippen LogP contribution in [-0.4, -0.2) is 33.3 Å². The van der Waals surface area contributed by atoms with Crippen molar-refractivity contribution in [2.24, 2.45) is 11.8 Å². The fourth-order valence-electron chi connectivity index (χ4n) is 3.11. The van der Waals surface area contributed by atoms with Gasteiger partial charge in [-0.3, -0.25) is 9.52 Å². The van der Waals surface area contributed by atoms with Gasteiger partial charge in [-0.2, -0.15) is 0 Å². The number of amides is 1. The number of rotatable bonds is 4. The van der Waals surface area contributed by atoms with Gasteiger partial charge in [0.25, 0.3) is 0 Å². The molecule has 0 radical (unpaired) electrons. The number of ether oxygens (including phenoxy) is 1. The van der Waals surface area contributed by atoms with E-state index in [1.165, 1.54) is 6.42 Å². The number of carbonyl (C=O) groups is 1. The molecule has 1 saturated heterocycles. The molecular formula is C14H25NO4S. The van der Waals surface area contributed by atoms with Crippen LogP contribution in [0.5, 0.6) is 0 Å². The van der Waals surface area contributed by atoms with Crippen molar-refractivity contribution in [2.45, 2.75) is 51.4 Å². The van der Waals surface area contributed by atoms with Gasteiger partial charge < -0.3 is 4.74 Å². The minimum absolute atomic E-state index is 0.0992. The summed E-state index contributed by atoms with van der Waals surface area (Å²) in [5.74, 6) is -0.251. The van der Waals surface area contributed by atoms with Crippen LogP contribution in [0.1, 0.15) is 51.4 Å². The van der Waals surface area contributed by atoms with E-state index in [1.807, 2.05) is 0 Å². The zero-order chi connectivity index (χ0) is 14.4. The van der Waals surface area contributed by atoms with Crippen molar-refractivity contribution >= 4 is 15.9 Å². The van der Waals surface area contributed by atoms with E-state index >= 15 is 0 Å². The molecule has 0 aromatic heterocycles. The smallest absolute Gasteiger partial charge is 0.236 e. The molecule has 2 rings (SSSR count). The van der Waals surface area contributed by atoms with Crippen molar-refractivity contribution in [3.05, 3.63) is 0 Å². The Morgan fingerprint density at radius 3 is 2.50 bits per heavy atom. The van der Waals surface area contributed by atoms with Crippen molar-refractivity contribution in [1.82, 2.24) is 4.72 Å². The second-order valence-electron chi connectivity index (χ2n) is 5.99. The SMILES string of the molecule is O=C(NS(=O)(=O)CC1CCCCC1)C1CCCOCC1. The van der Waals surface area contributed by atoms with Crippen LogP contribution in [0.4, 0.5) is 0 Å². The molecule has 1 aliphatic carbocycles. The summed E-state index contributed by atoms with van der Waals surface area (Å²) in [6, 6.07) is 0. The summed E-state index contributed by atoms with van der Waals surface area (Å²) in [6.07, 6.45) is 7.49. The monoisotopic (exact) mass is 303 g/mol. The highest BCUT2D eigenvalue weighted by molar-refractivity contribution is 7.90. The fourth-order valence-corrected chi connectivity index (χ4v) is 4.62. The average molecular weight is 303 g/mol. The third kappa shape index (κ3) is 5.05. The summed E-state index contributed by atoms with van der Waals surface area (Å²) in [4.78, 5) is 12.1. The maximum Gasteiger partial charge on any atom is 0.236 e. The van der Waals surface area contributed by atoms with Crippen LogP contribution >= 0.6 is 0 Å². The molecule has 1 N–H and O–H groups in total. The van der Waals surface area contributed by atoms with Crippen LogP contribution in [0.2, 0.25) is 0 Å². The lowest BCUT2D eigenvalue weighted by Gasteiger charge is -2.22. The predicted molar refractivity (Wildman–Crippen MR) is 76.7 cm³/mol. The first-order chi connectivity index (χ1) is 9.57. The van der Waals surface area contributed by atoms with Crippen molar-refractivity contribution < 1.29 is 17.9 Å². The molecule has 1 unspecified atom stereocenters. The number of hydrogen-bond donors (Lipinski definition) is 1. The Morgan fingerprint density at radius 2 is 1.75 bits per heavy atom. The molecule has 1 atom stereocenters. The van der Waals surface area contributed by atoms with Crippen molar-refractivity contribution in [1.29, 1.82) is 0 Å². The highest BCUT2D eigenvalue weighted by Crippen LogP contribution is 2.25. The van der Waals surface area contributed by atoms with Crippen LogP contribution in [0.25, 0.3) is 0 Å². The zero-order valence-electron chi connectivity index (χ0n) is 12.0. The van der Waals surface area contributed by atoms with Crippen LogP contribution in [0.3, 0.4) is 0 Å². The second-order valence-corrected chi connectivity index (χ2v) is 7.76. The summed E-state index contributed by atoms with van der Waals surface area (Å²) in [5, 5.41) is 0. The Morgan fingerprint density at radius 1 is 1.00 bits per heavy atom. The molecule has 0 aromatic carbocycles. The van der Waals surface area contributed by atoms with Gasteiger partial charge in [0.2, 0.25) is 15.9 Å². The van der Waals surface area contributed by atoms with Gasteiger partial charge in [-0.25, -0.2) is 8.42 Å². The highest BCUT2D eigenvalue weighted by atomic mass is 32.2. The van der Waals surface area contributed by atoms with E-state index in [0.717, 1.165) is 32.1 Å². The molecule has 0 bridgehead atoms. The first-order valence-electron chi connectivity index (χ1n) is 7.69. The summed E-state index contributed by atoms with van der Waals surface area (Å²) in [6.45, 7) is 1.21. The molecule has 2 fully saturated rings. The van der Waals surface area contributed by atoms with E-state index in [1.54, 1.807) is 0 Å². The summed E-state index contributed by atoms with van der Waals surface area (Å²) < 4.78 is 31.7. The van der Waals surface area contributed by atoms with Gasteiger partial charge in [-0.15, -0.1) is 0 Å². The van der Waals surface area contributed by atoms with Gasteiger partial charge in [0.05, 0.1) is 5.75 Å². The van der Waals surface area contributed by atoms with E-state index in [4.69, 9.17) is 4.74 Å². The van der Waals surface area contributed by atoms with Crippen molar-refractivity contribution in [2.75, 3.05) is 19.0 Å². The first-order valence-corrected chi connectivity index (χ1v) is 9.34. The summed E-state index contributed by atoms with van der Waals surface area (Å²) >= 11 is 0. The molecule has 20 heavy (non-hydrogen) atoms. The standard InChI is InChI=1S/C14H25NO4S/c16-14(13-7-4-9-19-10-8-13)15-20(17,18)11-12-5-2-1-3-6-12/h12-13H,1-11H2,(H,15,16). The maximum atomic E-state index is 12.1. The molecule has 2 aliphatic rings. The third-order valence-corrected chi connectivity index (χ3v) is 5.68. The molecule has 116 valence electrons. The zero-order valence-corrected chi connectivity index (χ0v) is 12.8. The molecular weight excluding hydrogens is 278 g/mol. The van der Waals surface area contributed by atoms with Gasteiger partial charge >= 0.3 is 0 Å². The van der Waals surface area contributed by atoms with Gasteiger partial charge in [0.1, 0.15) is 0 Å². The van der Waals surface area contributed by atoms with E-state index in [9.17, 15) is 13.2 Å². The van der Waals surface area contributed by atoms with Crippen LogP contribution in [0, 0.1) is 11.8 Å². The molecule has 1 saturated carbocycles. The normalized spacial score (nSPS) is 25.9.